The van der Waals surface area contributed by atoms with E-state index >= 15 is 0 Å². The maximum atomic E-state index is 11.8. The molecule has 0 amide bonds. The van der Waals surface area contributed by atoms with E-state index in [0.717, 1.165) is 36.1 Å². The highest BCUT2D eigenvalue weighted by Gasteiger charge is 2.30. The fourth-order valence-corrected chi connectivity index (χ4v) is 2.30. The van der Waals surface area contributed by atoms with Gasteiger partial charge in [0.2, 0.25) is 0 Å². The van der Waals surface area contributed by atoms with E-state index in [1.54, 1.807) is 0 Å². The molecular weight excluding hydrogens is 226 g/mol. The highest BCUT2D eigenvalue weighted by molar-refractivity contribution is 5.95. The standard InChI is InChI=1S/C15H21NO2/c1-4-5-6-14-12-8-7-11(16-10(2)3)9-13(12)15(17)18-14/h7-10,14,16H,4-6H2,1-3H3. The summed E-state index contributed by atoms with van der Waals surface area (Å²) in [4.78, 5) is 11.8. The molecule has 1 aromatic rings. The Bertz CT molecular complexity index is 440. The normalized spacial score (nSPS) is 17.8. The SMILES string of the molecule is CCCCC1OC(=O)c2cc(NC(C)C)ccc21. The zero-order valence-electron chi connectivity index (χ0n) is 11.3. The second kappa shape index (κ2) is 5.42. The molecule has 1 unspecified atom stereocenters. The van der Waals surface area contributed by atoms with Crippen LogP contribution in [0.5, 0.6) is 0 Å². The molecule has 0 bridgehead atoms. The summed E-state index contributed by atoms with van der Waals surface area (Å²) in [5, 5.41) is 3.31. The first-order chi connectivity index (χ1) is 8.61. The van der Waals surface area contributed by atoms with Crippen molar-refractivity contribution in [3.8, 4) is 0 Å². The molecule has 0 saturated heterocycles. The molecule has 0 aliphatic carbocycles. The van der Waals surface area contributed by atoms with E-state index < -0.39 is 0 Å². The van der Waals surface area contributed by atoms with Crippen molar-refractivity contribution in [1.82, 2.24) is 0 Å². The summed E-state index contributed by atoms with van der Waals surface area (Å²) in [6.07, 6.45) is 3.09. The first-order valence-electron chi connectivity index (χ1n) is 6.73. The maximum Gasteiger partial charge on any atom is 0.339 e. The van der Waals surface area contributed by atoms with Gasteiger partial charge in [-0.2, -0.15) is 0 Å². The number of rotatable bonds is 5. The van der Waals surface area contributed by atoms with E-state index in [1.165, 1.54) is 0 Å². The number of cyclic esters (lactones) is 1. The molecule has 1 N–H and O–H groups in total. The third-order valence-electron chi connectivity index (χ3n) is 3.14. The summed E-state index contributed by atoms with van der Waals surface area (Å²) in [5.41, 5.74) is 2.75. The lowest BCUT2D eigenvalue weighted by Gasteiger charge is -2.12. The van der Waals surface area contributed by atoms with Crippen LogP contribution in [0.4, 0.5) is 5.69 Å². The van der Waals surface area contributed by atoms with Gasteiger partial charge in [0.25, 0.3) is 0 Å². The maximum absolute atomic E-state index is 11.8. The Balaban J connectivity index is 2.20. The molecule has 3 nitrogen and oxygen atoms in total. The van der Waals surface area contributed by atoms with Gasteiger partial charge in [-0.15, -0.1) is 0 Å². The van der Waals surface area contributed by atoms with Gasteiger partial charge >= 0.3 is 5.97 Å². The first-order valence-corrected chi connectivity index (χ1v) is 6.73. The van der Waals surface area contributed by atoms with Gasteiger partial charge in [0.1, 0.15) is 6.10 Å². The van der Waals surface area contributed by atoms with E-state index in [9.17, 15) is 4.79 Å². The lowest BCUT2D eigenvalue weighted by atomic mass is 10.0. The zero-order valence-corrected chi connectivity index (χ0v) is 11.3. The number of hydrogen-bond acceptors (Lipinski definition) is 3. The Kier molecular flexibility index (Phi) is 3.90. The molecule has 1 heterocycles. The minimum atomic E-state index is -0.182. The number of ether oxygens (including phenoxy) is 1. The first kappa shape index (κ1) is 12.9. The largest absolute Gasteiger partial charge is 0.454 e. The number of hydrogen-bond donors (Lipinski definition) is 1. The molecule has 1 atom stereocenters. The molecule has 18 heavy (non-hydrogen) atoms. The summed E-state index contributed by atoms with van der Waals surface area (Å²) in [5.74, 6) is -0.182. The fraction of sp³-hybridized carbons (Fsp3) is 0.533. The van der Waals surface area contributed by atoms with E-state index in [1.807, 2.05) is 18.2 Å². The molecule has 1 aliphatic heterocycles. The zero-order chi connectivity index (χ0) is 13.1. The van der Waals surface area contributed by atoms with Gasteiger partial charge in [-0.05, 0) is 38.8 Å². The minimum absolute atomic E-state index is 0.0412. The van der Waals surface area contributed by atoms with Crippen molar-refractivity contribution in [3.63, 3.8) is 0 Å². The smallest absolute Gasteiger partial charge is 0.339 e. The number of nitrogens with one attached hydrogen (secondary N) is 1. The Hall–Kier alpha value is -1.51. The van der Waals surface area contributed by atoms with Crippen LogP contribution in [0.3, 0.4) is 0 Å². The molecule has 0 saturated carbocycles. The van der Waals surface area contributed by atoms with Gasteiger partial charge in [0.15, 0.2) is 0 Å². The highest BCUT2D eigenvalue weighted by atomic mass is 16.5. The number of unbranched alkanes of at least 4 members (excludes halogenated alkanes) is 1. The van der Waals surface area contributed by atoms with Crippen LogP contribution in [0, 0.1) is 0 Å². The van der Waals surface area contributed by atoms with Gasteiger partial charge < -0.3 is 10.1 Å². The summed E-state index contributed by atoms with van der Waals surface area (Å²) < 4.78 is 5.43. The second-order valence-electron chi connectivity index (χ2n) is 5.14. The van der Waals surface area contributed by atoms with Crippen molar-refractivity contribution in [3.05, 3.63) is 29.3 Å². The van der Waals surface area contributed by atoms with Crippen molar-refractivity contribution < 1.29 is 9.53 Å². The van der Waals surface area contributed by atoms with Crippen molar-refractivity contribution in [1.29, 1.82) is 0 Å². The molecule has 0 aromatic heterocycles. The number of carbonyl (C=O) groups excluding carboxylic acids is 1. The monoisotopic (exact) mass is 247 g/mol. The van der Waals surface area contributed by atoms with Gasteiger partial charge in [-0.1, -0.05) is 19.4 Å². The number of benzene rings is 1. The van der Waals surface area contributed by atoms with Crippen LogP contribution in [-0.4, -0.2) is 12.0 Å². The van der Waals surface area contributed by atoms with Crippen molar-refractivity contribution in [2.24, 2.45) is 0 Å². The van der Waals surface area contributed by atoms with Crippen LogP contribution < -0.4 is 5.32 Å². The average Bonchev–Trinajstić information content (AvgIpc) is 2.63. The Morgan fingerprint density at radius 3 is 2.83 bits per heavy atom. The lowest BCUT2D eigenvalue weighted by Crippen LogP contribution is -2.10. The molecule has 2 rings (SSSR count). The minimum Gasteiger partial charge on any atom is -0.454 e. The van der Waals surface area contributed by atoms with Gasteiger partial charge in [0.05, 0.1) is 5.56 Å². The molecule has 0 radical (unpaired) electrons. The van der Waals surface area contributed by atoms with Crippen LogP contribution >= 0.6 is 0 Å². The van der Waals surface area contributed by atoms with Crippen LogP contribution in [0.1, 0.15) is 62.1 Å². The van der Waals surface area contributed by atoms with Crippen LogP contribution in [-0.2, 0) is 4.74 Å². The Labute approximate surface area is 109 Å². The summed E-state index contributed by atoms with van der Waals surface area (Å²) >= 11 is 0. The van der Waals surface area contributed by atoms with Crippen molar-refractivity contribution >= 4 is 11.7 Å². The third kappa shape index (κ3) is 2.66. The summed E-state index contributed by atoms with van der Waals surface area (Å²) in [6, 6.07) is 6.31. The quantitative estimate of drug-likeness (QED) is 0.802. The predicted octanol–water partition coefficient (Wildman–Crippen LogP) is 3.91. The van der Waals surface area contributed by atoms with Crippen molar-refractivity contribution in [2.75, 3.05) is 5.32 Å². The number of fused-ring (bicyclic) bond motifs is 1. The van der Waals surface area contributed by atoms with Gasteiger partial charge in [-0.3, -0.25) is 0 Å². The lowest BCUT2D eigenvalue weighted by molar-refractivity contribution is 0.0364. The molecular formula is C15H21NO2. The molecule has 0 spiro atoms. The van der Waals surface area contributed by atoms with E-state index in [0.29, 0.717) is 6.04 Å². The number of anilines is 1. The van der Waals surface area contributed by atoms with E-state index in [4.69, 9.17) is 4.74 Å². The van der Waals surface area contributed by atoms with Crippen LogP contribution in [0.25, 0.3) is 0 Å². The van der Waals surface area contributed by atoms with E-state index in [-0.39, 0.29) is 12.1 Å². The highest BCUT2D eigenvalue weighted by Crippen LogP contribution is 2.35. The number of carbonyl (C=O) groups is 1. The van der Waals surface area contributed by atoms with Crippen LogP contribution in [0.2, 0.25) is 0 Å². The molecule has 3 heteroatoms. The van der Waals surface area contributed by atoms with E-state index in [2.05, 4.69) is 26.1 Å². The molecule has 1 aromatic carbocycles. The molecule has 0 fully saturated rings. The Morgan fingerprint density at radius 2 is 2.17 bits per heavy atom. The molecule has 1 aliphatic rings. The summed E-state index contributed by atoms with van der Waals surface area (Å²) in [6.45, 7) is 6.30. The van der Waals surface area contributed by atoms with Gasteiger partial charge in [-0.25, -0.2) is 4.79 Å². The van der Waals surface area contributed by atoms with Gasteiger partial charge in [0, 0.05) is 17.3 Å². The Morgan fingerprint density at radius 1 is 1.39 bits per heavy atom. The number of esters is 1. The topological polar surface area (TPSA) is 38.3 Å². The summed E-state index contributed by atoms with van der Waals surface area (Å²) in [7, 11) is 0. The predicted molar refractivity (Wildman–Crippen MR) is 72.9 cm³/mol. The second-order valence-corrected chi connectivity index (χ2v) is 5.14. The fourth-order valence-electron chi connectivity index (χ4n) is 2.30. The molecule has 98 valence electrons. The van der Waals surface area contributed by atoms with Crippen molar-refractivity contribution in [2.45, 2.75) is 52.2 Å². The third-order valence-corrected chi connectivity index (χ3v) is 3.14. The van der Waals surface area contributed by atoms with Crippen LogP contribution in [0.15, 0.2) is 18.2 Å². The average molecular weight is 247 g/mol.